The quantitative estimate of drug-likeness (QED) is 0.914. The number of nitrogens with zero attached hydrogens (tertiary/aromatic N) is 1. The van der Waals surface area contributed by atoms with Gasteiger partial charge in [-0.05, 0) is 24.6 Å². The van der Waals surface area contributed by atoms with Crippen molar-refractivity contribution in [1.82, 2.24) is 9.62 Å². The van der Waals surface area contributed by atoms with Gasteiger partial charge in [0.25, 0.3) is 0 Å². The molecule has 0 aromatic heterocycles. The molecule has 0 saturated carbocycles. The van der Waals surface area contributed by atoms with E-state index in [1.54, 1.807) is 0 Å². The molecule has 1 aromatic carbocycles. The Bertz CT molecular complexity index is 569. The molecule has 1 atom stereocenters. The molecule has 8 heteroatoms. The van der Waals surface area contributed by atoms with Crippen LogP contribution in [0.15, 0.2) is 18.2 Å². The Balaban J connectivity index is 0.00000200. The van der Waals surface area contributed by atoms with Crippen LogP contribution in [0.2, 0.25) is 5.02 Å². The molecule has 1 unspecified atom stereocenters. The van der Waals surface area contributed by atoms with Gasteiger partial charge in [0.2, 0.25) is 10.0 Å². The van der Waals surface area contributed by atoms with E-state index in [1.807, 2.05) is 6.92 Å². The van der Waals surface area contributed by atoms with Gasteiger partial charge in [-0.3, -0.25) is 0 Å². The van der Waals surface area contributed by atoms with Crippen LogP contribution in [0, 0.1) is 5.82 Å². The number of nitrogens with one attached hydrogen (secondary N) is 1. The Morgan fingerprint density at radius 2 is 2.20 bits per heavy atom. The minimum Gasteiger partial charge on any atom is -0.312 e. The lowest BCUT2D eigenvalue weighted by Gasteiger charge is -2.31. The van der Waals surface area contributed by atoms with Crippen molar-refractivity contribution >= 4 is 34.0 Å². The summed E-state index contributed by atoms with van der Waals surface area (Å²) < 4.78 is 39.0. The molecule has 0 bridgehead atoms. The van der Waals surface area contributed by atoms with Gasteiger partial charge >= 0.3 is 0 Å². The maximum Gasteiger partial charge on any atom is 0.218 e. The van der Waals surface area contributed by atoms with Gasteiger partial charge in [-0.2, -0.15) is 4.31 Å². The summed E-state index contributed by atoms with van der Waals surface area (Å²) >= 11 is 5.66. The molecule has 4 nitrogen and oxygen atoms in total. The molecule has 0 spiro atoms. The molecule has 2 rings (SSSR count). The van der Waals surface area contributed by atoms with Crippen LogP contribution in [0.1, 0.15) is 12.5 Å². The minimum atomic E-state index is -3.39. The Labute approximate surface area is 129 Å². The van der Waals surface area contributed by atoms with Crippen molar-refractivity contribution in [3.05, 3.63) is 34.6 Å². The first-order valence-electron chi connectivity index (χ1n) is 6.03. The molecule has 114 valence electrons. The van der Waals surface area contributed by atoms with Gasteiger partial charge in [0, 0.05) is 25.7 Å². The SMILES string of the molecule is CC1CN(S(=O)(=O)Cc2ccc(F)c(Cl)c2)CCN1.Cl. The minimum absolute atomic E-state index is 0. The predicted octanol–water partition coefficient (Wildman–Crippen LogP) is 2.02. The predicted molar refractivity (Wildman–Crippen MR) is 80.3 cm³/mol. The van der Waals surface area contributed by atoms with Crippen molar-refractivity contribution in [3.63, 3.8) is 0 Å². The molecular formula is C12H17Cl2FN2O2S. The largest absolute Gasteiger partial charge is 0.312 e. The summed E-state index contributed by atoms with van der Waals surface area (Å²) in [4.78, 5) is 0. The van der Waals surface area contributed by atoms with Crippen LogP contribution in [0.3, 0.4) is 0 Å². The summed E-state index contributed by atoms with van der Waals surface area (Å²) in [6.07, 6.45) is 0. The van der Waals surface area contributed by atoms with Crippen LogP contribution >= 0.6 is 24.0 Å². The van der Waals surface area contributed by atoms with Gasteiger partial charge in [-0.15, -0.1) is 12.4 Å². The first-order valence-corrected chi connectivity index (χ1v) is 8.02. The molecule has 1 aromatic rings. The Morgan fingerprint density at radius 1 is 1.50 bits per heavy atom. The summed E-state index contributed by atoms with van der Waals surface area (Å²) in [5.74, 6) is -0.696. The summed E-state index contributed by atoms with van der Waals surface area (Å²) in [5.41, 5.74) is 0.498. The first-order chi connectivity index (χ1) is 8.88. The Hall–Kier alpha value is -0.400. The van der Waals surface area contributed by atoms with Crippen molar-refractivity contribution in [1.29, 1.82) is 0 Å². The number of hydrogen-bond donors (Lipinski definition) is 1. The van der Waals surface area contributed by atoms with Crippen molar-refractivity contribution in [2.24, 2.45) is 0 Å². The summed E-state index contributed by atoms with van der Waals surface area (Å²) in [6.45, 7) is 3.50. The third kappa shape index (κ3) is 4.30. The van der Waals surface area contributed by atoms with E-state index in [4.69, 9.17) is 11.6 Å². The Kier molecular flexibility index (Phi) is 6.22. The highest BCUT2D eigenvalue weighted by Crippen LogP contribution is 2.19. The van der Waals surface area contributed by atoms with Gasteiger partial charge in [0.05, 0.1) is 10.8 Å². The van der Waals surface area contributed by atoms with Crippen LogP contribution in [0.4, 0.5) is 4.39 Å². The van der Waals surface area contributed by atoms with Gasteiger partial charge in [-0.1, -0.05) is 17.7 Å². The average molecular weight is 343 g/mol. The van der Waals surface area contributed by atoms with E-state index in [9.17, 15) is 12.8 Å². The van der Waals surface area contributed by atoms with E-state index in [0.717, 1.165) is 0 Å². The highest BCUT2D eigenvalue weighted by Gasteiger charge is 2.27. The molecule has 1 N–H and O–H groups in total. The van der Waals surface area contributed by atoms with Gasteiger partial charge in [0.15, 0.2) is 0 Å². The van der Waals surface area contributed by atoms with Crippen LogP contribution in [0.5, 0.6) is 0 Å². The zero-order valence-electron chi connectivity index (χ0n) is 11.0. The number of piperazine rings is 1. The molecule has 1 heterocycles. The number of hydrogen-bond acceptors (Lipinski definition) is 3. The third-order valence-electron chi connectivity index (χ3n) is 3.06. The smallest absolute Gasteiger partial charge is 0.218 e. The highest BCUT2D eigenvalue weighted by atomic mass is 35.5. The van der Waals surface area contributed by atoms with E-state index in [-0.39, 0.29) is 29.2 Å². The van der Waals surface area contributed by atoms with Crippen LogP contribution in [-0.4, -0.2) is 38.4 Å². The van der Waals surface area contributed by atoms with Crippen LogP contribution in [-0.2, 0) is 15.8 Å². The lowest BCUT2D eigenvalue weighted by molar-refractivity contribution is 0.310. The fourth-order valence-corrected chi connectivity index (χ4v) is 3.89. The number of sulfonamides is 1. The number of halogens is 3. The third-order valence-corrected chi connectivity index (χ3v) is 5.16. The first kappa shape index (κ1) is 17.7. The standard InChI is InChI=1S/C12H16ClFN2O2S.ClH/c1-9-7-16(5-4-15-9)19(17,18)8-10-2-3-12(14)11(13)6-10;/h2-3,6,9,15H,4-5,7-8H2,1H3;1H. The normalized spacial score (nSPS) is 20.4. The Morgan fingerprint density at radius 3 is 2.80 bits per heavy atom. The van der Waals surface area contributed by atoms with Crippen molar-refractivity contribution in [2.75, 3.05) is 19.6 Å². The lowest BCUT2D eigenvalue weighted by Crippen LogP contribution is -2.51. The van der Waals surface area contributed by atoms with Gasteiger partial charge in [0.1, 0.15) is 5.82 Å². The molecule has 1 aliphatic heterocycles. The molecule has 0 amide bonds. The van der Waals surface area contributed by atoms with E-state index in [2.05, 4.69) is 5.32 Å². The molecule has 0 aliphatic carbocycles. The molecule has 1 aliphatic rings. The molecule has 20 heavy (non-hydrogen) atoms. The van der Waals surface area contributed by atoms with Crippen molar-refractivity contribution in [3.8, 4) is 0 Å². The van der Waals surface area contributed by atoms with Crippen LogP contribution < -0.4 is 5.32 Å². The summed E-state index contributed by atoms with van der Waals surface area (Å²) in [7, 11) is -3.39. The van der Waals surface area contributed by atoms with E-state index in [1.165, 1.54) is 22.5 Å². The van der Waals surface area contributed by atoms with E-state index < -0.39 is 15.8 Å². The maximum absolute atomic E-state index is 13.0. The second-order valence-corrected chi connectivity index (χ2v) is 7.09. The molecule has 0 radical (unpaired) electrons. The zero-order valence-corrected chi connectivity index (χ0v) is 13.4. The lowest BCUT2D eigenvalue weighted by atomic mass is 10.2. The van der Waals surface area contributed by atoms with Crippen molar-refractivity contribution in [2.45, 2.75) is 18.7 Å². The molecule has 1 fully saturated rings. The van der Waals surface area contributed by atoms with Gasteiger partial charge in [-0.25, -0.2) is 12.8 Å². The monoisotopic (exact) mass is 342 g/mol. The fourth-order valence-electron chi connectivity index (χ4n) is 2.08. The average Bonchev–Trinajstić information content (AvgIpc) is 2.33. The topological polar surface area (TPSA) is 49.4 Å². The van der Waals surface area contributed by atoms with E-state index in [0.29, 0.717) is 25.2 Å². The second kappa shape index (κ2) is 7.04. The number of rotatable bonds is 3. The van der Waals surface area contributed by atoms with Crippen molar-refractivity contribution < 1.29 is 12.8 Å². The summed E-state index contributed by atoms with van der Waals surface area (Å²) in [6, 6.07) is 4.14. The number of benzene rings is 1. The maximum atomic E-state index is 13.0. The van der Waals surface area contributed by atoms with Gasteiger partial charge < -0.3 is 5.32 Å². The summed E-state index contributed by atoms with van der Waals surface area (Å²) in [5, 5.41) is 3.13. The highest BCUT2D eigenvalue weighted by molar-refractivity contribution is 7.88. The molecular weight excluding hydrogens is 326 g/mol. The zero-order chi connectivity index (χ0) is 14.0. The second-order valence-electron chi connectivity index (χ2n) is 4.72. The fraction of sp³-hybridized carbons (Fsp3) is 0.500. The molecule has 1 saturated heterocycles. The van der Waals surface area contributed by atoms with E-state index >= 15 is 0 Å². The van der Waals surface area contributed by atoms with Crippen LogP contribution in [0.25, 0.3) is 0 Å².